The van der Waals surface area contributed by atoms with Crippen molar-refractivity contribution in [2.75, 3.05) is 20.8 Å². The van der Waals surface area contributed by atoms with Gasteiger partial charge in [-0.25, -0.2) is 0 Å². The van der Waals surface area contributed by atoms with Crippen LogP contribution in [0.4, 0.5) is 0 Å². The number of carboxylic acids is 1. The number of rotatable bonds is 5. The molecule has 0 spiro atoms. The summed E-state index contributed by atoms with van der Waals surface area (Å²) in [6, 6.07) is 10.4. The fourth-order valence-corrected chi connectivity index (χ4v) is 3.92. The molecule has 2 N–H and O–H groups in total. The van der Waals surface area contributed by atoms with Crippen LogP contribution < -0.4 is 9.47 Å². The van der Waals surface area contributed by atoms with Crippen LogP contribution in [-0.4, -0.2) is 52.8 Å². The number of ether oxygens (including phenoxy) is 2. The predicted molar refractivity (Wildman–Crippen MR) is 105 cm³/mol. The average molecular weight is 395 g/mol. The largest absolute Gasteiger partial charge is 0.493 e. The highest BCUT2D eigenvalue weighted by atomic mass is 16.5. The molecule has 0 bridgehead atoms. The van der Waals surface area contributed by atoms with Crippen molar-refractivity contribution in [1.82, 2.24) is 15.1 Å². The molecule has 4 rings (SSSR count). The van der Waals surface area contributed by atoms with Gasteiger partial charge in [-0.15, -0.1) is 0 Å². The number of aliphatic carboxylic acids is 1. The Hall–Kier alpha value is -3.55. The summed E-state index contributed by atoms with van der Waals surface area (Å²) in [6.07, 6.45) is 0.372. The van der Waals surface area contributed by atoms with Crippen LogP contribution in [0.15, 0.2) is 36.4 Å². The quantitative estimate of drug-likeness (QED) is 0.688. The monoisotopic (exact) mass is 395 g/mol. The molecule has 150 valence electrons. The van der Waals surface area contributed by atoms with Gasteiger partial charge in [-0.3, -0.25) is 14.7 Å². The van der Waals surface area contributed by atoms with E-state index in [0.29, 0.717) is 35.5 Å². The number of amides is 1. The summed E-state index contributed by atoms with van der Waals surface area (Å²) in [5.41, 5.74) is 2.75. The van der Waals surface area contributed by atoms with Gasteiger partial charge in [0.15, 0.2) is 17.2 Å². The maximum atomic E-state index is 13.3. The van der Waals surface area contributed by atoms with Crippen molar-refractivity contribution in [2.45, 2.75) is 18.9 Å². The van der Waals surface area contributed by atoms with Crippen LogP contribution in [-0.2, 0) is 11.2 Å². The number of hydrogen-bond donors (Lipinski definition) is 2. The summed E-state index contributed by atoms with van der Waals surface area (Å²) < 4.78 is 10.8. The lowest BCUT2D eigenvalue weighted by atomic mass is 9.89. The zero-order chi connectivity index (χ0) is 20.5. The number of methoxy groups -OCH3 is 2. The minimum absolute atomic E-state index is 0.212. The second-order valence-corrected chi connectivity index (χ2v) is 6.89. The number of H-pyrrole nitrogens is 1. The number of para-hydroxylation sites is 1. The first-order valence-corrected chi connectivity index (χ1v) is 9.24. The Labute approximate surface area is 167 Å². The van der Waals surface area contributed by atoms with E-state index in [0.717, 1.165) is 16.6 Å². The van der Waals surface area contributed by atoms with Crippen molar-refractivity contribution in [1.29, 1.82) is 0 Å². The van der Waals surface area contributed by atoms with Gasteiger partial charge in [0.2, 0.25) is 0 Å². The molecule has 1 amide bonds. The first kappa shape index (κ1) is 18.8. The molecule has 0 aliphatic carbocycles. The summed E-state index contributed by atoms with van der Waals surface area (Å²) in [5.74, 6) is -0.198. The molecule has 2 heterocycles. The van der Waals surface area contributed by atoms with Crippen molar-refractivity contribution >= 4 is 22.8 Å². The molecule has 1 unspecified atom stereocenters. The summed E-state index contributed by atoms with van der Waals surface area (Å²) in [6.45, 7) is 0.389. The van der Waals surface area contributed by atoms with Crippen LogP contribution in [0.3, 0.4) is 0 Å². The number of nitrogens with one attached hydrogen (secondary N) is 1. The molecule has 29 heavy (non-hydrogen) atoms. The van der Waals surface area contributed by atoms with E-state index in [9.17, 15) is 14.7 Å². The normalized spacial score (nSPS) is 15.8. The minimum Gasteiger partial charge on any atom is -0.493 e. The van der Waals surface area contributed by atoms with E-state index in [1.54, 1.807) is 18.1 Å². The SMILES string of the molecule is COc1cc2c(cc1OC)C(CC(=O)O)N(C(=O)c1n[nH]c3ccccc13)CC2. The second-order valence-electron chi connectivity index (χ2n) is 6.89. The predicted octanol–water partition coefficient (Wildman–Crippen LogP) is 2.79. The van der Waals surface area contributed by atoms with Gasteiger partial charge in [0, 0.05) is 11.9 Å². The van der Waals surface area contributed by atoms with E-state index < -0.39 is 12.0 Å². The number of nitrogens with zero attached hydrogens (tertiary/aromatic N) is 2. The molecular formula is C21H21N3O5. The topological polar surface area (TPSA) is 105 Å². The molecule has 0 fully saturated rings. The number of carbonyl (C=O) groups excluding carboxylic acids is 1. The van der Waals surface area contributed by atoms with Crippen LogP contribution in [0, 0.1) is 0 Å². The van der Waals surface area contributed by atoms with E-state index in [1.165, 1.54) is 7.11 Å². The van der Waals surface area contributed by atoms with Crippen LogP contribution in [0.25, 0.3) is 10.9 Å². The van der Waals surface area contributed by atoms with Crippen molar-refractivity contribution in [3.63, 3.8) is 0 Å². The third-order valence-electron chi connectivity index (χ3n) is 5.30. The summed E-state index contributed by atoms with van der Waals surface area (Å²) >= 11 is 0. The molecule has 1 aromatic heterocycles. The average Bonchev–Trinajstić information content (AvgIpc) is 3.16. The Morgan fingerprint density at radius 1 is 1.21 bits per heavy atom. The Kier molecular flexibility index (Phi) is 4.84. The van der Waals surface area contributed by atoms with E-state index in [4.69, 9.17) is 9.47 Å². The lowest BCUT2D eigenvalue weighted by Crippen LogP contribution is -2.41. The number of aromatic nitrogens is 2. The Bertz CT molecular complexity index is 1090. The Balaban J connectivity index is 1.78. The number of aromatic amines is 1. The summed E-state index contributed by atoms with van der Waals surface area (Å²) in [7, 11) is 3.08. The first-order chi connectivity index (χ1) is 14.0. The number of carboxylic acid groups (broad SMARTS) is 1. The standard InChI is InChI=1S/C21H21N3O5/c1-28-17-9-12-7-8-24(16(11-19(25)26)14(12)10-18(17)29-2)21(27)20-13-5-3-4-6-15(13)22-23-20/h3-6,9-10,16H,7-8,11H2,1-2H3,(H,22,23)(H,25,26). The highest BCUT2D eigenvalue weighted by molar-refractivity contribution is 6.05. The van der Waals surface area contributed by atoms with Gasteiger partial charge < -0.3 is 19.5 Å². The third-order valence-corrected chi connectivity index (χ3v) is 5.30. The van der Waals surface area contributed by atoms with Gasteiger partial charge in [0.25, 0.3) is 5.91 Å². The van der Waals surface area contributed by atoms with Gasteiger partial charge in [0.05, 0.1) is 32.2 Å². The highest BCUT2D eigenvalue weighted by Gasteiger charge is 2.35. The zero-order valence-electron chi connectivity index (χ0n) is 16.1. The van der Waals surface area contributed by atoms with E-state index in [2.05, 4.69) is 10.2 Å². The van der Waals surface area contributed by atoms with Crippen molar-refractivity contribution in [3.05, 3.63) is 53.2 Å². The maximum Gasteiger partial charge on any atom is 0.305 e. The summed E-state index contributed by atoms with van der Waals surface area (Å²) in [5, 5.41) is 17.3. The molecule has 0 saturated carbocycles. The van der Waals surface area contributed by atoms with Crippen LogP contribution in [0.5, 0.6) is 11.5 Å². The molecule has 8 heteroatoms. The van der Waals surface area contributed by atoms with Crippen LogP contribution >= 0.6 is 0 Å². The van der Waals surface area contributed by atoms with Gasteiger partial charge >= 0.3 is 5.97 Å². The van der Waals surface area contributed by atoms with E-state index in [1.807, 2.05) is 30.3 Å². The lowest BCUT2D eigenvalue weighted by molar-refractivity contribution is -0.138. The van der Waals surface area contributed by atoms with Crippen molar-refractivity contribution in [3.8, 4) is 11.5 Å². The molecule has 0 radical (unpaired) electrons. The molecule has 3 aromatic rings. The van der Waals surface area contributed by atoms with Gasteiger partial charge in [-0.2, -0.15) is 5.10 Å². The molecule has 2 aromatic carbocycles. The fourth-order valence-electron chi connectivity index (χ4n) is 3.92. The number of fused-ring (bicyclic) bond motifs is 2. The maximum absolute atomic E-state index is 13.3. The molecular weight excluding hydrogens is 374 g/mol. The van der Waals surface area contributed by atoms with Crippen molar-refractivity contribution in [2.24, 2.45) is 0 Å². The number of hydrogen-bond acceptors (Lipinski definition) is 5. The Morgan fingerprint density at radius 3 is 2.66 bits per heavy atom. The van der Waals surface area contributed by atoms with Gasteiger partial charge in [-0.05, 0) is 35.7 Å². The fraction of sp³-hybridized carbons (Fsp3) is 0.286. The third kappa shape index (κ3) is 3.26. The van der Waals surface area contributed by atoms with Crippen molar-refractivity contribution < 1.29 is 24.2 Å². The second kappa shape index (κ2) is 7.46. The lowest BCUT2D eigenvalue weighted by Gasteiger charge is -2.36. The van der Waals surface area contributed by atoms with Crippen LogP contribution in [0.2, 0.25) is 0 Å². The minimum atomic E-state index is -0.984. The zero-order valence-corrected chi connectivity index (χ0v) is 16.1. The van der Waals surface area contributed by atoms with Gasteiger partial charge in [0.1, 0.15) is 0 Å². The molecule has 1 aliphatic rings. The van der Waals surface area contributed by atoms with E-state index in [-0.39, 0.29) is 12.3 Å². The van der Waals surface area contributed by atoms with E-state index >= 15 is 0 Å². The molecule has 8 nitrogen and oxygen atoms in total. The molecule has 1 atom stereocenters. The summed E-state index contributed by atoms with van der Waals surface area (Å²) in [4.78, 5) is 26.5. The Morgan fingerprint density at radius 2 is 1.93 bits per heavy atom. The molecule has 1 aliphatic heterocycles. The molecule has 0 saturated heterocycles. The van der Waals surface area contributed by atoms with Gasteiger partial charge in [-0.1, -0.05) is 18.2 Å². The smallest absolute Gasteiger partial charge is 0.305 e. The highest BCUT2D eigenvalue weighted by Crippen LogP contribution is 2.40. The first-order valence-electron chi connectivity index (χ1n) is 9.24. The number of carbonyl (C=O) groups is 2. The van der Waals surface area contributed by atoms with Crippen LogP contribution in [0.1, 0.15) is 34.1 Å². The number of benzene rings is 2.